The molecule has 36 heavy (non-hydrogen) atoms. The Morgan fingerprint density at radius 2 is 1.81 bits per heavy atom. The van der Waals surface area contributed by atoms with Gasteiger partial charge < -0.3 is 10.2 Å². The Morgan fingerprint density at radius 3 is 2.50 bits per heavy atom. The van der Waals surface area contributed by atoms with Crippen molar-refractivity contribution in [2.45, 2.75) is 31.4 Å². The van der Waals surface area contributed by atoms with Gasteiger partial charge in [0.05, 0.1) is 29.5 Å². The number of carbonyl (C=O) groups excluding carboxylic acids is 2. The average Bonchev–Trinajstić information content (AvgIpc) is 3.39. The van der Waals surface area contributed by atoms with Gasteiger partial charge in [-0.15, -0.1) is 0 Å². The number of aromatic nitrogens is 2. The summed E-state index contributed by atoms with van der Waals surface area (Å²) in [6.07, 6.45) is 1.46. The molecule has 0 saturated carbocycles. The summed E-state index contributed by atoms with van der Waals surface area (Å²) < 4.78 is 42.3. The van der Waals surface area contributed by atoms with Crippen molar-refractivity contribution in [2.75, 3.05) is 4.90 Å². The summed E-state index contributed by atoms with van der Waals surface area (Å²) in [5.74, 6) is -5.75. The number of nitrogens with zero attached hydrogens (tertiary/aromatic N) is 3. The van der Waals surface area contributed by atoms with Crippen molar-refractivity contribution in [3.8, 4) is 5.69 Å². The predicted octanol–water partition coefficient (Wildman–Crippen LogP) is 5.44. The van der Waals surface area contributed by atoms with Gasteiger partial charge in [-0.05, 0) is 60.2 Å². The number of rotatable bonds is 5. The van der Waals surface area contributed by atoms with E-state index in [0.717, 1.165) is 5.52 Å². The van der Waals surface area contributed by atoms with E-state index >= 15 is 0 Å². The van der Waals surface area contributed by atoms with Gasteiger partial charge in [-0.3, -0.25) is 9.59 Å². The van der Waals surface area contributed by atoms with E-state index in [9.17, 15) is 22.8 Å². The molecule has 1 fully saturated rings. The topological polar surface area (TPSA) is 67.2 Å². The zero-order valence-corrected chi connectivity index (χ0v) is 19.7. The molecule has 1 aliphatic heterocycles. The Kier molecular flexibility index (Phi) is 5.96. The first kappa shape index (κ1) is 23.9. The number of benzene rings is 3. The summed E-state index contributed by atoms with van der Waals surface area (Å²) in [6.45, 7) is 0.512. The Labute approximate surface area is 209 Å². The molecule has 0 aliphatic carbocycles. The van der Waals surface area contributed by atoms with Gasteiger partial charge in [-0.2, -0.15) is 13.9 Å². The van der Waals surface area contributed by atoms with Crippen LogP contribution in [-0.4, -0.2) is 33.6 Å². The van der Waals surface area contributed by atoms with E-state index < -0.39 is 23.9 Å². The minimum absolute atomic E-state index is 0.161. The van der Waals surface area contributed by atoms with Gasteiger partial charge >= 0.3 is 5.92 Å². The highest BCUT2D eigenvalue weighted by molar-refractivity contribution is 6.30. The fourth-order valence-electron chi connectivity index (χ4n) is 4.49. The Morgan fingerprint density at radius 1 is 1.08 bits per heavy atom. The number of fused-ring (bicyclic) bond motifs is 1. The molecule has 0 spiro atoms. The molecule has 1 aromatic heterocycles. The zero-order valence-electron chi connectivity index (χ0n) is 19.0. The van der Waals surface area contributed by atoms with E-state index in [2.05, 4.69) is 10.4 Å². The lowest BCUT2D eigenvalue weighted by atomic mass is 9.99. The number of alkyl halides is 2. The largest absolute Gasteiger partial charge is 0.345 e. The number of amides is 2. The summed E-state index contributed by atoms with van der Waals surface area (Å²) in [6, 6.07) is 16.2. The number of hydrogen-bond acceptors (Lipinski definition) is 3. The van der Waals surface area contributed by atoms with E-state index in [4.69, 9.17) is 11.6 Å². The first-order valence-corrected chi connectivity index (χ1v) is 11.5. The molecule has 1 aliphatic rings. The van der Waals surface area contributed by atoms with Gasteiger partial charge in [0.15, 0.2) is 0 Å². The molecule has 5 rings (SSSR count). The zero-order chi connectivity index (χ0) is 25.6. The highest BCUT2D eigenvalue weighted by atomic mass is 35.5. The van der Waals surface area contributed by atoms with E-state index in [-0.39, 0.29) is 18.1 Å². The first-order valence-electron chi connectivity index (χ1n) is 11.1. The molecule has 4 aromatic rings. The standard InChI is InChI=1S/C26H20ClF3N4O2/c1-26(29,30)25(36)32-21-13-23(35)33(24(21)15-3-2-4-17(27)11-15)20-9-10-22-16(12-20)14-31-34(22)19-7-5-18(28)6-8-19/h2-12,14,21,24H,13H2,1H3,(H,32,36). The summed E-state index contributed by atoms with van der Waals surface area (Å²) in [5.41, 5.74) is 2.50. The smallest absolute Gasteiger partial charge is 0.321 e. The first-order chi connectivity index (χ1) is 17.1. The number of anilines is 1. The predicted molar refractivity (Wildman–Crippen MR) is 130 cm³/mol. The van der Waals surface area contributed by atoms with Crippen LogP contribution in [0, 0.1) is 5.82 Å². The third-order valence-corrected chi connectivity index (χ3v) is 6.36. The van der Waals surface area contributed by atoms with Crippen LogP contribution in [-0.2, 0) is 9.59 Å². The van der Waals surface area contributed by atoms with Crippen LogP contribution >= 0.6 is 11.6 Å². The maximum atomic E-state index is 13.7. The molecule has 2 atom stereocenters. The van der Waals surface area contributed by atoms with Crippen LogP contribution in [0.4, 0.5) is 18.9 Å². The van der Waals surface area contributed by atoms with E-state index in [1.54, 1.807) is 65.5 Å². The minimum atomic E-state index is -3.59. The van der Waals surface area contributed by atoms with Crippen LogP contribution in [0.5, 0.6) is 0 Å². The second kappa shape index (κ2) is 8.98. The molecular weight excluding hydrogens is 493 g/mol. The lowest BCUT2D eigenvalue weighted by Crippen LogP contribution is -2.46. The van der Waals surface area contributed by atoms with Gasteiger partial charge in [0.1, 0.15) is 5.82 Å². The highest BCUT2D eigenvalue weighted by Gasteiger charge is 2.45. The SMILES string of the molecule is CC(F)(F)C(=O)NC1CC(=O)N(c2ccc3c(cnn3-c3ccc(F)cc3)c2)C1c1cccc(Cl)c1. The van der Waals surface area contributed by atoms with Crippen molar-refractivity contribution in [3.05, 3.63) is 89.3 Å². The summed E-state index contributed by atoms with van der Waals surface area (Å²) in [5, 5.41) is 7.85. The molecule has 3 aromatic carbocycles. The molecule has 2 amide bonds. The summed E-state index contributed by atoms with van der Waals surface area (Å²) >= 11 is 6.18. The lowest BCUT2D eigenvalue weighted by molar-refractivity contribution is -0.143. The highest BCUT2D eigenvalue weighted by Crippen LogP contribution is 2.39. The van der Waals surface area contributed by atoms with Gasteiger partial charge in [0, 0.05) is 29.4 Å². The quantitative estimate of drug-likeness (QED) is 0.387. The van der Waals surface area contributed by atoms with Crippen LogP contribution in [0.2, 0.25) is 5.02 Å². The third kappa shape index (κ3) is 4.42. The Balaban J connectivity index is 1.55. The molecule has 2 unspecified atom stereocenters. The molecule has 184 valence electrons. The normalized spacial score (nSPS) is 18.1. The van der Waals surface area contributed by atoms with Crippen LogP contribution in [0.15, 0.2) is 72.9 Å². The van der Waals surface area contributed by atoms with Gasteiger partial charge in [-0.25, -0.2) is 9.07 Å². The monoisotopic (exact) mass is 512 g/mol. The van der Waals surface area contributed by atoms with Crippen LogP contribution in [0.3, 0.4) is 0 Å². The molecule has 0 bridgehead atoms. The number of nitrogens with one attached hydrogen (secondary N) is 1. The van der Waals surface area contributed by atoms with Crippen LogP contribution in [0.25, 0.3) is 16.6 Å². The second-order valence-electron chi connectivity index (χ2n) is 8.71. The fourth-order valence-corrected chi connectivity index (χ4v) is 4.69. The van der Waals surface area contributed by atoms with Crippen LogP contribution < -0.4 is 10.2 Å². The minimum Gasteiger partial charge on any atom is -0.345 e. The van der Waals surface area contributed by atoms with Gasteiger partial charge in [0.2, 0.25) is 5.91 Å². The second-order valence-corrected chi connectivity index (χ2v) is 9.15. The molecule has 6 nitrogen and oxygen atoms in total. The summed E-state index contributed by atoms with van der Waals surface area (Å²) in [4.78, 5) is 26.8. The van der Waals surface area contributed by atoms with Crippen molar-refractivity contribution < 1.29 is 22.8 Å². The van der Waals surface area contributed by atoms with E-state index in [0.29, 0.717) is 34.3 Å². The molecule has 0 radical (unpaired) electrons. The Bertz CT molecular complexity index is 1470. The number of carbonyl (C=O) groups is 2. The van der Waals surface area contributed by atoms with Crippen molar-refractivity contribution >= 4 is 40.0 Å². The lowest BCUT2D eigenvalue weighted by Gasteiger charge is -2.30. The van der Waals surface area contributed by atoms with Crippen LogP contribution in [0.1, 0.15) is 24.9 Å². The molecule has 1 N–H and O–H groups in total. The number of hydrogen-bond donors (Lipinski definition) is 1. The fraction of sp³-hybridized carbons (Fsp3) is 0.192. The molecule has 10 heteroatoms. The van der Waals surface area contributed by atoms with Crippen molar-refractivity contribution in [1.82, 2.24) is 15.1 Å². The van der Waals surface area contributed by atoms with Gasteiger partial charge in [0.25, 0.3) is 5.91 Å². The molecular formula is C26H20ClF3N4O2. The van der Waals surface area contributed by atoms with Crippen molar-refractivity contribution in [3.63, 3.8) is 0 Å². The molecule has 2 heterocycles. The maximum absolute atomic E-state index is 13.7. The number of halogens is 4. The average molecular weight is 513 g/mol. The Hall–Kier alpha value is -3.85. The molecule has 1 saturated heterocycles. The van der Waals surface area contributed by atoms with Crippen molar-refractivity contribution in [2.24, 2.45) is 0 Å². The maximum Gasteiger partial charge on any atom is 0.321 e. The summed E-state index contributed by atoms with van der Waals surface area (Å²) in [7, 11) is 0. The van der Waals surface area contributed by atoms with E-state index in [1.807, 2.05) is 0 Å². The van der Waals surface area contributed by atoms with E-state index in [1.165, 1.54) is 17.0 Å². The van der Waals surface area contributed by atoms with Gasteiger partial charge in [-0.1, -0.05) is 23.7 Å². The third-order valence-electron chi connectivity index (χ3n) is 6.13. The van der Waals surface area contributed by atoms with Crippen molar-refractivity contribution in [1.29, 1.82) is 0 Å².